The minimum Gasteiger partial charge on any atom is -0.481 e. The predicted molar refractivity (Wildman–Crippen MR) is 117 cm³/mol. The van der Waals surface area contributed by atoms with Gasteiger partial charge in [-0.1, -0.05) is 51.2 Å². The number of hydrogen-bond acceptors (Lipinski definition) is 6. The van der Waals surface area contributed by atoms with Crippen LogP contribution in [0.5, 0.6) is 0 Å². The van der Waals surface area contributed by atoms with Gasteiger partial charge in [-0.05, 0) is 30.2 Å². The highest BCUT2D eigenvalue weighted by Gasteiger charge is 2.32. The highest BCUT2D eigenvalue weighted by molar-refractivity contribution is 6.01. The van der Waals surface area contributed by atoms with E-state index in [-0.39, 0.29) is 40.9 Å². The Bertz CT molecular complexity index is 799. The van der Waals surface area contributed by atoms with Crippen molar-refractivity contribution in [2.45, 2.75) is 84.0 Å². The van der Waals surface area contributed by atoms with Crippen LogP contribution >= 0.6 is 0 Å². The van der Waals surface area contributed by atoms with Crippen molar-refractivity contribution >= 4 is 23.6 Å². The van der Waals surface area contributed by atoms with Gasteiger partial charge in [0.15, 0.2) is 5.78 Å². The van der Waals surface area contributed by atoms with E-state index in [1.54, 1.807) is 0 Å². The first-order valence-corrected chi connectivity index (χ1v) is 10.8. The number of allylic oxidation sites excluding steroid dienone is 1. The Labute approximate surface area is 186 Å². The Morgan fingerprint density at radius 3 is 2.26 bits per heavy atom. The van der Waals surface area contributed by atoms with Crippen LogP contribution in [0.15, 0.2) is 35.3 Å². The molecule has 0 N–H and O–H groups in total. The predicted octanol–water partition coefficient (Wildman–Crippen LogP) is 4.73. The number of nitrogens with zero attached hydrogens (tertiary/aromatic N) is 1. The van der Waals surface area contributed by atoms with Gasteiger partial charge in [0.2, 0.25) is 0 Å². The first-order valence-electron chi connectivity index (χ1n) is 10.8. The number of hydroxylamine groups is 2. The van der Waals surface area contributed by atoms with E-state index < -0.39 is 17.8 Å². The lowest BCUT2D eigenvalue weighted by Gasteiger charge is -2.12. The highest BCUT2D eigenvalue weighted by atomic mass is 16.7. The quantitative estimate of drug-likeness (QED) is 0.161. The molecule has 1 aliphatic rings. The molecule has 0 radical (unpaired) electrons. The number of ether oxygens (including phenoxy) is 1. The molecule has 0 aromatic rings. The van der Waals surface area contributed by atoms with Crippen molar-refractivity contribution in [1.82, 2.24) is 5.06 Å². The van der Waals surface area contributed by atoms with Crippen molar-refractivity contribution in [2.24, 2.45) is 0 Å². The summed E-state index contributed by atoms with van der Waals surface area (Å²) in [7, 11) is 0. The summed E-state index contributed by atoms with van der Waals surface area (Å²) in [5.74, 6) is -1.74. The maximum absolute atomic E-state index is 12.0. The number of ketones is 1. The minimum atomic E-state index is -0.810. The topological polar surface area (TPSA) is 90.0 Å². The van der Waals surface area contributed by atoms with Gasteiger partial charge in [-0.15, -0.1) is 5.06 Å². The van der Waals surface area contributed by atoms with E-state index in [1.165, 1.54) is 25.7 Å². The van der Waals surface area contributed by atoms with Crippen LogP contribution in [0, 0.1) is 0 Å². The van der Waals surface area contributed by atoms with E-state index in [4.69, 9.17) is 9.57 Å². The average Bonchev–Trinajstić information content (AvgIpc) is 3.07. The molecule has 2 amide bonds. The van der Waals surface area contributed by atoms with E-state index in [9.17, 15) is 19.2 Å². The van der Waals surface area contributed by atoms with Crippen molar-refractivity contribution in [2.75, 3.05) is 6.61 Å². The van der Waals surface area contributed by atoms with Gasteiger partial charge in [-0.3, -0.25) is 14.4 Å². The first kappa shape index (κ1) is 26.0. The Morgan fingerprint density at radius 1 is 0.968 bits per heavy atom. The summed E-state index contributed by atoms with van der Waals surface area (Å²) in [5.41, 5.74) is 10.4. The molecule has 0 bridgehead atoms. The first-order chi connectivity index (χ1) is 15.0. The third-order valence-corrected chi connectivity index (χ3v) is 4.57. The van der Waals surface area contributed by atoms with E-state index in [2.05, 4.69) is 36.4 Å². The van der Waals surface area contributed by atoms with Gasteiger partial charge in [0, 0.05) is 28.5 Å². The molecule has 1 fully saturated rings. The van der Waals surface area contributed by atoms with Crippen molar-refractivity contribution < 1.29 is 31.6 Å². The highest BCUT2D eigenvalue weighted by Crippen LogP contribution is 2.14. The second-order valence-corrected chi connectivity index (χ2v) is 7.22. The van der Waals surface area contributed by atoms with Crippen LogP contribution in [0.4, 0.5) is 0 Å². The third kappa shape index (κ3) is 11.6. The van der Waals surface area contributed by atoms with Gasteiger partial charge in [-0.2, -0.15) is 0 Å². The summed E-state index contributed by atoms with van der Waals surface area (Å²) in [6.45, 7) is 5.37. The van der Waals surface area contributed by atoms with Gasteiger partial charge in [0.1, 0.15) is 12.4 Å². The number of carbonyl (C=O) groups excluding carboxylic acids is 4. The molecule has 0 aliphatic carbocycles. The lowest BCUT2D eigenvalue weighted by molar-refractivity contribution is -0.197. The van der Waals surface area contributed by atoms with Crippen LogP contribution in [0.2, 0.25) is 0 Å². The molecule has 7 heteroatoms. The molecular formula is C24H35NO6. The molecule has 7 nitrogen and oxygen atoms in total. The van der Waals surface area contributed by atoms with Gasteiger partial charge in [0.05, 0.1) is 6.42 Å². The molecule has 0 aromatic carbocycles. The van der Waals surface area contributed by atoms with Crippen molar-refractivity contribution in [1.29, 1.82) is 0 Å². The van der Waals surface area contributed by atoms with Gasteiger partial charge < -0.3 is 9.57 Å². The standard InChI is InChI=1S/C24H31NO6.2H2/c1-3-5-7-8-9-10-12-14-21(13-11-6-4-2)30-19-20(26)15-18-24(29)31-25-22(27)16-17-23(25)28;;/h2-3,5,7-10,12,14-19H2,1H3;2*1H. The van der Waals surface area contributed by atoms with Crippen molar-refractivity contribution in [3.05, 3.63) is 35.3 Å². The Morgan fingerprint density at radius 2 is 1.61 bits per heavy atom. The lowest BCUT2D eigenvalue weighted by atomic mass is 10.1. The summed E-state index contributed by atoms with van der Waals surface area (Å²) >= 11 is 0. The van der Waals surface area contributed by atoms with E-state index in [0.717, 1.165) is 19.3 Å². The second kappa shape index (κ2) is 15.7. The molecule has 1 rings (SSSR count). The van der Waals surface area contributed by atoms with Gasteiger partial charge in [-0.25, -0.2) is 4.79 Å². The number of Topliss-reactive ketones (excluding diaryl/α,β-unsaturated/α-hetero) is 1. The summed E-state index contributed by atoms with van der Waals surface area (Å²) in [4.78, 5) is 51.4. The van der Waals surface area contributed by atoms with Crippen LogP contribution in [-0.2, 0) is 28.8 Å². The molecule has 1 aliphatic heterocycles. The van der Waals surface area contributed by atoms with E-state index >= 15 is 0 Å². The maximum atomic E-state index is 12.0. The number of rotatable bonds is 15. The molecule has 0 atom stereocenters. The number of hydrogen-bond donors (Lipinski definition) is 0. The van der Waals surface area contributed by atoms with E-state index in [1.807, 2.05) is 0 Å². The van der Waals surface area contributed by atoms with Gasteiger partial charge >= 0.3 is 5.97 Å². The zero-order valence-electron chi connectivity index (χ0n) is 18.3. The normalized spacial score (nSPS) is 12.5. The SMILES string of the molecule is C=C=C=C=C=C(CCCCCCCCC)OCC(=O)CCC(=O)ON1C(=O)CCC1=O.[HH].[HH]. The fourth-order valence-electron chi connectivity index (χ4n) is 2.85. The van der Waals surface area contributed by atoms with Crippen LogP contribution in [-0.4, -0.2) is 35.2 Å². The fourth-order valence-corrected chi connectivity index (χ4v) is 2.85. The molecule has 1 saturated heterocycles. The molecule has 1 heterocycles. The molecular weight excluding hydrogens is 398 g/mol. The number of amides is 2. The second-order valence-electron chi connectivity index (χ2n) is 7.22. The zero-order chi connectivity index (χ0) is 22.9. The minimum absolute atomic E-state index is 0. The molecule has 0 aromatic heterocycles. The summed E-state index contributed by atoms with van der Waals surface area (Å²) in [6.07, 6.45) is 8.37. The van der Waals surface area contributed by atoms with Crippen LogP contribution in [0.25, 0.3) is 0 Å². The molecule has 0 saturated carbocycles. The molecule has 172 valence electrons. The smallest absolute Gasteiger partial charge is 0.333 e. The number of imide groups is 1. The Balaban J connectivity index is 0. The van der Waals surface area contributed by atoms with Crippen LogP contribution in [0.1, 0.15) is 86.8 Å². The Kier molecular flexibility index (Phi) is 13.2. The number of carbonyl (C=O) groups is 4. The van der Waals surface area contributed by atoms with Crippen LogP contribution < -0.4 is 0 Å². The molecule has 0 spiro atoms. The van der Waals surface area contributed by atoms with Crippen molar-refractivity contribution in [3.8, 4) is 0 Å². The Hall–Kier alpha value is -3.06. The van der Waals surface area contributed by atoms with E-state index in [0.29, 0.717) is 17.2 Å². The number of unbranched alkanes of at least 4 members (excludes halogenated alkanes) is 6. The maximum Gasteiger partial charge on any atom is 0.333 e. The summed E-state index contributed by atoms with van der Waals surface area (Å²) in [6, 6.07) is 0. The summed E-state index contributed by atoms with van der Waals surface area (Å²) < 4.78 is 5.53. The lowest BCUT2D eigenvalue weighted by Crippen LogP contribution is -2.32. The summed E-state index contributed by atoms with van der Waals surface area (Å²) in [5, 5.41) is 0.469. The molecule has 31 heavy (non-hydrogen) atoms. The molecule has 0 unspecified atom stereocenters. The monoisotopic (exact) mass is 433 g/mol. The van der Waals surface area contributed by atoms with Crippen LogP contribution in [0.3, 0.4) is 0 Å². The fraction of sp³-hybridized carbons (Fsp3) is 0.583. The zero-order valence-corrected chi connectivity index (χ0v) is 18.3. The largest absolute Gasteiger partial charge is 0.481 e. The van der Waals surface area contributed by atoms with Crippen molar-refractivity contribution in [3.63, 3.8) is 0 Å². The third-order valence-electron chi connectivity index (χ3n) is 4.57. The average molecular weight is 434 g/mol. The van der Waals surface area contributed by atoms with Gasteiger partial charge in [0.25, 0.3) is 11.8 Å².